The first-order valence-electron chi connectivity index (χ1n) is 8.83. The Bertz CT molecular complexity index is 633. The van der Waals surface area contributed by atoms with Gasteiger partial charge in [-0.2, -0.15) is 0 Å². The van der Waals surface area contributed by atoms with Crippen molar-refractivity contribution in [2.75, 3.05) is 13.2 Å². The molecule has 23 heavy (non-hydrogen) atoms. The van der Waals surface area contributed by atoms with Crippen LogP contribution >= 0.6 is 0 Å². The second-order valence-electron chi connectivity index (χ2n) is 6.45. The molecule has 0 amide bonds. The zero-order chi connectivity index (χ0) is 16.1. The van der Waals surface area contributed by atoms with Crippen molar-refractivity contribution in [3.63, 3.8) is 0 Å². The Kier molecular flexibility index (Phi) is 5.35. The van der Waals surface area contributed by atoms with Gasteiger partial charge in [-0.1, -0.05) is 30.3 Å². The fourth-order valence-corrected chi connectivity index (χ4v) is 3.52. The van der Waals surface area contributed by atoms with E-state index in [1.54, 1.807) is 5.56 Å². The van der Waals surface area contributed by atoms with Crippen LogP contribution in [0.1, 0.15) is 47.9 Å². The molecule has 1 aliphatic carbocycles. The first kappa shape index (κ1) is 16.1. The molecule has 0 aromatic heterocycles. The van der Waals surface area contributed by atoms with Crippen LogP contribution in [0.4, 0.5) is 0 Å². The lowest BCUT2D eigenvalue weighted by molar-refractivity contribution is 0.340. The smallest absolute Gasteiger partial charge is 0.119 e. The summed E-state index contributed by atoms with van der Waals surface area (Å²) in [6, 6.07) is 15.4. The molecule has 122 valence electrons. The minimum Gasteiger partial charge on any atom is -0.494 e. The lowest BCUT2D eigenvalue weighted by atomic mass is 9.85. The van der Waals surface area contributed by atoms with Crippen molar-refractivity contribution < 1.29 is 4.74 Å². The van der Waals surface area contributed by atoms with Crippen LogP contribution in [0.5, 0.6) is 5.75 Å². The van der Waals surface area contributed by atoms with Crippen LogP contribution in [0, 0.1) is 0 Å². The molecule has 1 unspecified atom stereocenters. The van der Waals surface area contributed by atoms with Crippen molar-refractivity contribution in [1.29, 1.82) is 0 Å². The molecule has 0 saturated heterocycles. The van der Waals surface area contributed by atoms with Crippen LogP contribution < -0.4 is 10.5 Å². The van der Waals surface area contributed by atoms with Crippen LogP contribution in [-0.2, 0) is 19.3 Å². The SMILES string of the molecule is CCOc1ccc(CC(CN)c2ccc3c(c2)CCCC3)cc1. The Morgan fingerprint density at radius 3 is 2.43 bits per heavy atom. The maximum absolute atomic E-state index is 6.08. The Labute approximate surface area is 139 Å². The molecular weight excluding hydrogens is 282 g/mol. The quantitative estimate of drug-likeness (QED) is 0.866. The molecule has 0 spiro atoms. The minimum absolute atomic E-state index is 0.389. The summed E-state index contributed by atoms with van der Waals surface area (Å²) < 4.78 is 5.51. The number of aryl methyl sites for hydroxylation is 2. The molecule has 0 radical (unpaired) electrons. The molecule has 0 fully saturated rings. The highest BCUT2D eigenvalue weighted by Gasteiger charge is 2.15. The van der Waals surface area contributed by atoms with Crippen molar-refractivity contribution >= 4 is 0 Å². The van der Waals surface area contributed by atoms with Crippen molar-refractivity contribution in [3.05, 3.63) is 64.7 Å². The third-order valence-electron chi connectivity index (χ3n) is 4.84. The molecule has 0 saturated carbocycles. The maximum Gasteiger partial charge on any atom is 0.119 e. The summed E-state index contributed by atoms with van der Waals surface area (Å²) >= 11 is 0. The minimum atomic E-state index is 0.389. The summed E-state index contributed by atoms with van der Waals surface area (Å²) in [7, 11) is 0. The fraction of sp³-hybridized carbons (Fsp3) is 0.429. The van der Waals surface area contributed by atoms with Gasteiger partial charge in [0.05, 0.1) is 6.61 Å². The van der Waals surface area contributed by atoms with Gasteiger partial charge in [0.15, 0.2) is 0 Å². The van der Waals surface area contributed by atoms with Gasteiger partial charge in [-0.15, -0.1) is 0 Å². The van der Waals surface area contributed by atoms with Crippen molar-refractivity contribution in [2.45, 2.75) is 44.9 Å². The largest absolute Gasteiger partial charge is 0.494 e. The molecule has 2 nitrogen and oxygen atoms in total. The van der Waals surface area contributed by atoms with Crippen molar-refractivity contribution in [3.8, 4) is 5.75 Å². The zero-order valence-electron chi connectivity index (χ0n) is 14.1. The van der Waals surface area contributed by atoms with Crippen molar-refractivity contribution in [2.24, 2.45) is 5.73 Å². The highest BCUT2D eigenvalue weighted by Crippen LogP contribution is 2.27. The molecular formula is C21H27NO. The normalized spacial score (nSPS) is 15.0. The summed E-state index contributed by atoms with van der Waals surface area (Å²) in [6.07, 6.45) is 6.11. The molecule has 0 aliphatic heterocycles. The van der Waals surface area contributed by atoms with E-state index in [9.17, 15) is 0 Å². The standard InChI is InChI=1S/C21H27NO/c1-2-23-21-11-7-16(8-12-21)13-20(15-22)19-10-9-17-5-3-4-6-18(17)14-19/h7-12,14,20H,2-6,13,15,22H2,1H3. The van der Waals surface area contributed by atoms with Crippen LogP contribution in [0.2, 0.25) is 0 Å². The van der Waals surface area contributed by atoms with E-state index >= 15 is 0 Å². The Hall–Kier alpha value is -1.80. The van der Waals surface area contributed by atoms with Gasteiger partial charge in [-0.25, -0.2) is 0 Å². The summed E-state index contributed by atoms with van der Waals surface area (Å²) in [5, 5.41) is 0. The molecule has 2 heteroatoms. The van der Waals surface area contributed by atoms with E-state index < -0.39 is 0 Å². The van der Waals surface area contributed by atoms with Crippen molar-refractivity contribution in [1.82, 2.24) is 0 Å². The number of benzene rings is 2. The number of fused-ring (bicyclic) bond motifs is 1. The Balaban J connectivity index is 1.74. The second kappa shape index (κ2) is 7.65. The van der Waals surface area contributed by atoms with Gasteiger partial charge in [-0.05, 0) is 80.0 Å². The molecule has 1 aliphatic rings. The number of nitrogens with two attached hydrogens (primary N) is 1. The Morgan fingerprint density at radius 2 is 1.74 bits per heavy atom. The van der Waals surface area contributed by atoms with E-state index in [0.29, 0.717) is 19.1 Å². The molecule has 2 N–H and O–H groups in total. The van der Waals surface area contributed by atoms with E-state index in [-0.39, 0.29) is 0 Å². The number of hydrogen-bond donors (Lipinski definition) is 1. The second-order valence-corrected chi connectivity index (χ2v) is 6.45. The van der Waals surface area contributed by atoms with Gasteiger partial charge in [-0.3, -0.25) is 0 Å². The van der Waals surface area contributed by atoms with E-state index in [2.05, 4.69) is 42.5 Å². The molecule has 3 rings (SSSR count). The molecule has 0 heterocycles. The summed E-state index contributed by atoms with van der Waals surface area (Å²) in [5.41, 5.74) is 11.9. The van der Waals surface area contributed by atoms with E-state index in [4.69, 9.17) is 10.5 Å². The predicted molar refractivity (Wildman–Crippen MR) is 96.2 cm³/mol. The third-order valence-corrected chi connectivity index (χ3v) is 4.84. The fourth-order valence-electron chi connectivity index (χ4n) is 3.52. The monoisotopic (exact) mass is 309 g/mol. The zero-order valence-corrected chi connectivity index (χ0v) is 14.1. The maximum atomic E-state index is 6.08. The summed E-state index contributed by atoms with van der Waals surface area (Å²) in [4.78, 5) is 0. The average Bonchev–Trinajstić information content (AvgIpc) is 2.61. The Morgan fingerprint density at radius 1 is 1.00 bits per heavy atom. The molecule has 0 bridgehead atoms. The van der Waals surface area contributed by atoms with Crippen LogP contribution in [-0.4, -0.2) is 13.2 Å². The lowest BCUT2D eigenvalue weighted by Crippen LogP contribution is -2.16. The highest BCUT2D eigenvalue weighted by molar-refractivity contribution is 5.37. The molecule has 1 atom stereocenters. The van der Waals surface area contributed by atoms with E-state index in [1.165, 1.54) is 42.4 Å². The van der Waals surface area contributed by atoms with Gasteiger partial charge in [0.2, 0.25) is 0 Å². The summed E-state index contributed by atoms with van der Waals surface area (Å²) in [6.45, 7) is 3.40. The predicted octanol–water partition coefficient (Wildman–Crippen LogP) is 4.25. The lowest BCUT2D eigenvalue weighted by Gasteiger charge is -2.21. The first-order chi connectivity index (χ1) is 11.3. The third kappa shape index (κ3) is 3.94. The van der Waals surface area contributed by atoms with Gasteiger partial charge in [0.1, 0.15) is 5.75 Å². The average molecular weight is 309 g/mol. The first-order valence-corrected chi connectivity index (χ1v) is 8.83. The number of hydrogen-bond acceptors (Lipinski definition) is 2. The van der Waals surface area contributed by atoms with Gasteiger partial charge < -0.3 is 10.5 Å². The van der Waals surface area contributed by atoms with Gasteiger partial charge in [0, 0.05) is 5.92 Å². The number of ether oxygens (including phenoxy) is 1. The van der Waals surface area contributed by atoms with Gasteiger partial charge >= 0.3 is 0 Å². The van der Waals surface area contributed by atoms with Crippen LogP contribution in [0.15, 0.2) is 42.5 Å². The van der Waals surface area contributed by atoms with E-state index in [0.717, 1.165) is 12.2 Å². The molecule has 2 aromatic rings. The number of rotatable bonds is 6. The molecule has 2 aromatic carbocycles. The van der Waals surface area contributed by atoms with Gasteiger partial charge in [0.25, 0.3) is 0 Å². The van der Waals surface area contributed by atoms with Crippen LogP contribution in [0.25, 0.3) is 0 Å². The topological polar surface area (TPSA) is 35.2 Å². The highest BCUT2D eigenvalue weighted by atomic mass is 16.5. The summed E-state index contributed by atoms with van der Waals surface area (Å²) in [5.74, 6) is 1.33. The van der Waals surface area contributed by atoms with Crippen LogP contribution in [0.3, 0.4) is 0 Å². The van der Waals surface area contributed by atoms with E-state index in [1.807, 2.05) is 6.92 Å².